The van der Waals surface area contributed by atoms with E-state index in [0.717, 1.165) is 0 Å². The van der Waals surface area contributed by atoms with Crippen LogP contribution in [0.2, 0.25) is 0 Å². The Labute approximate surface area is 86.9 Å². The molecule has 1 aliphatic rings. The van der Waals surface area contributed by atoms with E-state index in [4.69, 9.17) is 4.74 Å². The highest BCUT2D eigenvalue weighted by Crippen LogP contribution is 2.16. The smallest absolute Gasteiger partial charge is 0.410 e. The second-order valence-corrected chi connectivity index (χ2v) is 5.04. The molecule has 1 heterocycles. The first kappa shape index (κ1) is 11.2. The van der Waals surface area contributed by atoms with Crippen LogP contribution < -0.4 is 10.6 Å². The van der Waals surface area contributed by atoms with Crippen molar-refractivity contribution in [3.63, 3.8) is 0 Å². The number of carbonyl (C=O) groups is 2. The van der Waals surface area contributed by atoms with Crippen molar-refractivity contribution in [2.45, 2.75) is 31.9 Å². The molecular formula is C8H14N2O3S. The summed E-state index contributed by atoms with van der Waals surface area (Å²) in [6, 6.07) is 0. The van der Waals surface area contributed by atoms with Crippen molar-refractivity contribution in [2.75, 3.05) is 5.75 Å². The molecule has 1 atom stereocenters. The van der Waals surface area contributed by atoms with Crippen LogP contribution in [-0.4, -0.2) is 28.9 Å². The molecule has 1 unspecified atom stereocenters. The van der Waals surface area contributed by atoms with Crippen LogP contribution in [0.15, 0.2) is 0 Å². The zero-order valence-electron chi connectivity index (χ0n) is 8.42. The van der Waals surface area contributed by atoms with Crippen LogP contribution in [0.3, 0.4) is 0 Å². The van der Waals surface area contributed by atoms with Gasteiger partial charge in [0.05, 0.1) is 5.75 Å². The van der Waals surface area contributed by atoms with Gasteiger partial charge in [0, 0.05) is 5.54 Å². The number of ether oxygens (including phenoxy) is 1. The zero-order valence-corrected chi connectivity index (χ0v) is 9.23. The lowest BCUT2D eigenvalue weighted by atomic mass is 10.1. The first-order chi connectivity index (χ1) is 6.37. The second kappa shape index (κ2) is 4.08. The van der Waals surface area contributed by atoms with Gasteiger partial charge in [0.25, 0.3) is 0 Å². The summed E-state index contributed by atoms with van der Waals surface area (Å²) in [6.45, 7) is 5.57. The summed E-state index contributed by atoms with van der Waals surface area (Å²) in [5, 5.41) is 5.15. The third kappa shape index (κ3) is 3.87. The number of hydrogen-bond acceptors (Lipinski definition) is 4. The molecule has 0 aliphatic carbocycles. The van der Waals surface area contributed by atoms with Crippen LogP contribution in [-0.2, 0) is 9.53 Å². The highest BCUT2D eigenvalue weighted by Gasteiger charge is 2.26. The van der Waals surface area contributed by atoms with Crippen molar-refractivity contribution in [2.24, 2.45) is 0 Å². The van der Waals surface area contributed by atoms with Gasteiger partial charge in [0.2, 0.25) is 11.5 Å². The van der Waals surface area contributed by atoms with Crippen molar-refractivity contribution >= 4 is 23.8 Å². The van der Waals surface area contributed by atoms with Crippen molar-refractivity contribution in [3.8, 4) is 0 Å². The molecule has 1 rings (SSSR count). The van der Waals surface area contributed by atoms with Crippen molar-refractivity contribution in [1.82, 2.24) is 10.6 Å². The summed E-state index contributed by atoms with van der Waals surface area (Å²) in [5.74, 6) is 0.233. The summed E-state index contributed by atoms with van der Waals surface area (Å²) >= 11 is 1.26. The molecule has 1 fully saturated rings. The van der Waals surface area contributed by atoms with Gasteiger partial charge < -0.3 is 15.4 Å². The Morgan fingerprint density at radius 2 is 2.29 bits per heavy atom. The summed E-state index contributed by atoms with van der Waals surface area (Å²) in [5.41, 5.74) is -0.880. The summed E-state index contributed by atoms with van der Waals surface area (Å²) in [6.07, 6.45) is -0.516. The molecule has 0 aromatic rings. The molecule has 0 spiro atoms. The lowest BCUT2D eigenvalue weighted by Crippen LogP contribution is -2.43. The van der Waals surface area contributed by atoms with Crippen LogP contribution in [0.25, 0.3) is 0 Å². The number of thioether (sulfide) groups is 1. The average molecular weight is 218 g/mol. The van der Waals surface area contributed by atoms with Gasteiger partial charge in [-0.2, -0.15) is 0 Å². The molecule has 1 aliphatic heterocycles. The van der Waals surface area contributed by atoms with E-state index in [-0.39, 0.29) is 11.4 Å². The van der Waals surface area contributed by atoms with E-state index < -0.39 is 11.7 Å². The van der Waals surface area contributed by atoms with Crippen molar-refractivity contribution < 1.29 is 14.3 Å². The predicted octanol–water partition coefficient (Wildman–Crippen LogP) is 0.658. The van der Waals surface area contributed by atoms with E-state index in [0.29, 0.717) is 5.75 Å². The van der Waals surface area contributed by atoms with Crippen LogP contribution in [0.1, 0.15) is 20.8 Å². The Kier molecular flexibility index (Phi) is 3.25. The van der Waals surface area contributed by atoms with Crippen LogP contribution in [0, 0.1) is 0 Å². The maximum absolute atomic E-state index is 11.2. The normalized spacial score (nSPS) is 21.6. The molecule has 6 heteroatoms. The van der Waals surface area contributed by atoms with E-state index in [2.05, 4.69) is 10.6 Å². The third-order valence-corrected chi connectivity index (χ3v) is 2.28. The Balaban J connectivity index is 2.31. The topological polar surface area (TPSA) is 67.4 Å². The largest absolute Gasteiger partial charge is 0.416 e. The summed E-state index contributed by atoms with van der Waals surface area (Å²) < 4.78 is 4.94. The molecule has 5 nitrogen and oxygen atoms in total. The minimum absolute atomic E-state index is 0.108. The third-order valence-electron chi connectivity index (χ3n) is 1.34. The quantitative estimate of drug-likeness (QED) is 0.678. The minimum atomic E-state index is -0.551. The molecule has 0 bridgehead atoms. The van der Waals surface area contributed by atoms with Crippen LogP contribution in [0.5, 0.6) is 0 Å². The van der Waals surface area contributed by atoms with Gasteiger partial charge in [-0.15, -0.1) is 0 Å². The zero-order chi connectivity index (χ0) is 10.8. The predicted molar refractivity (Wildman–Crippen MR) is 53.8 cm³/mol. The van der Waals surface area contributed by atoms with Crippen molar-refractivity contribution in [3.05, 3.63) is 0 Å². The first-order valence-electron chi connectivity index (χ1n) is 4.26. The number of amides is 2. The first-order valence-corrected chi connectivity index (χ1v) is 5.31. The molecule has 0 aromatic carbocycles. The number of hydrogen-bond donors (Lipinski definition) is 2. The number of rotatable bonds is 1. The fourth-order valence-corrected chi connectivity index (χ4v) is 1.62. The molecular weight excluding hydrogens is 204 g/mol. The minimum Gasteiger partial charge on any atom is -0.416 e. The molecule has 0 radical (unpaired) electrons. The van der Waals surface area contributed by atoms with E-state index >= 15 is 0 Å². The van der Waals surface area contributed by atoms with E-state index in [1.807, 2.05) is 20.8 Å². The standard InChI is InChI=1S/C8H14N2O3S/c1-8(2,3)10-6(12)13-7-9-5(11)4-14-7/h7H,4H2,1-3H3,(H,9,11)(H,10,12). The van der Waals surface area contributed by atoms with Crippen LogP contribution in [0.4, 0.5) is 4.79 Å². The van der Waals surface area contributed by atoms with Gasteiger partial charge in [-0.3, -0.25) is 4.79 Å². The monoisotopic (exact) mass is 218 g/mol. The van der Waals surface area contributed by atoms with E-state index in [1.54, 1.807) is 0 Å². The van der Waals surface area contributed by atoms with Crippen LogP contribution >= 0.6 is 11.8 Å². The fourth-order valence-electron chi connectivity index (χ4n) is 0.863. The summed E-state index contributed by atoms with van der Waals surface area (Å²) in [7, 11) is 0. The number of carbonyl (C=O) groups excluding carboxylic acids is 2. The van der Waals surface area contributed by atoms with E-state index in [1.165, 1.54) is 11.8 Å². The fraction of sp³-hybridized carbons (Fsp3) is 0.750. The van der Waals surface area contributed by atoms with Gasteiger partial charge in [0.15, 0.2) is 0 Å². The highest BCUT2D eigenvalue weighted by atomic mass is 32.2. The van der Waals surface area contributed by atoms with Gasteiger partial charge in [0.1, 0.15) is 0 Å². The number of nitrogens with one attached hydrogen (secondary N) is 2. The second-order valence-electron chi connectivity index (χ2n) is 3.99. The molecule has 80 valence electrons. The Morgan fingerprint density at radius 1 is 1.64 bits per heavy atom. The lowest BCUT2D eigenvalue weighted by Gasteiger charge is -2.21. The average Bonchev–Trinajstić information content (AvgIpc) is 2.30. The van der Waals surface area contributed by atoms with E-state index in [9.17, 15) is 9.59 Å². The van der Waals surface area contributed by atoms with Gasteiger partial charge in [-0.05, 0) is 20.8 Å². The van der Waals surface area contributed by atoms with Gasteiger partial charge >= 0.3 is 6.09 Å². The Morgan fingerprint density at radius 3 is 2.71 bits per heavy atom. The Bertz CT molecular complexity index is 249. The maximum Gasteiger partial charge on any atom is 0.410 e. The maximum atomic E-state index is 11.2. The van der Waals surface area contributed by atoms with Gasteiger partial charge in [-0.25, -0.2) is 4.79 Å². The summed E-state index contributed by atoms with van der Waals surface area (Å²) in [4.78, 5) is 22.0. The van der Waals surface area contributed by atoms with Crippen molar-refractivity contribution in [1.29, 1.82) is 0 Å². The molecule has 0 saturated carbocycles. The lowest BCUT2D eigenvalue weighted by molar-refractivity contribution is -0.119. The molecule has 2 amide bonds. The molecule has 2 N–H and O–H groups in total. The Hall–Kier alpha value is -0.910. The molecule has 14 heavy (non-hydrogen) atoms. The molecule has 0 aromatic heterocycles. The van der Waals surface area contributed by atoms with Gasteiger partial charge in [-0.1, -0.05) is 11.8 Å². The molecule has 1 saturated heterocycles. The number of alkyl carbamates (subject to hydrolysis) is 1. The highest BCUT2D eigenvalue weighted by molar-refractivity contribution is 8.00. The SMILES string of the molecule is CC(C)(C)NC(=O)OC1NC(=O)CS1.